The monoisotopic (exact) mass is 1800 g/mol. The summed E-state index contributed by atoms with van der Waals surface area (Å²) in [5, 5.41) is 0. The number of fused-ring (bicyclic) bond motifs is 9. The maximum atomic E-state index is 5.12. The van der Waals surface area contributed by atoms with E-state index in [1.807, 2.05) is 133 Å². The molecule has 0 N–H and O–H groups in total. The van der Waals surface area contributed by atoms with Crippen LogP contribution in [0.4, 0.5) is 0 Å². The molecule has 3 aliphatic carbocycles. The lowest BCUT2D eigenvalue weighted by Crippen LogP contribution is -2.00. The molecule has 0 unspecified atom stereocenters. The second-order valence-corrected chi connectivity index (χ2v) is 35.8. The van der Waals surface area contributed by atoms with Gasteiger partial charge in [0.05, 0.1) is 0 Å². The van der Waals surface area contributed by atoms with Crippen LogP contribution in [-0.2, 0) is 19.3 Å². The quantitative estimate of drug-likeness (QED) is 0.0879. The third-order valence-electron chi connectivity index (χ3n) is 26.9. The van der Waals surface area contributed by atoms with Crippen LogP contribution < -0.4 is 0 Å². The van der Waals surface area contributed by atoms with Crippen LogP contribution >= 0.6 is 0 Å². The average Bonchev–Trinajstić information content (AvgIpc) is 1.62. The lowest BCUT2D eigenvalue weighted by Gasteiger charge is -2.15. The number of rotatable bonds is 17. The van der Waals surface area contributed by atoms with E-state index in [0.29, 0.717) is 52.4 Å². The molecule has 0 saturated heterocycles. The fraction of sp³-hybridized carbons (Fsp3) is 0.0227. The molecule has 20 aromatic carbocycles. The predicted molar refractivity (Wildman–Crippen MR) is 577 cm³/mol. The van der Waals surface area contributed by atoms with Crippen LogP contribution in [-0.4, -0.2) is 44.9 Å². The summed E-state index contributed by atoms with van der Waals surface area (Å²) < 4.78 is 0. The van der Waals surface area contributed by atoms with Crippen molar-refractivity contribution in [3.8, 4) is 225 Å². The summed E-state index contributed by atoms with van der Waals surface area (Å²) in [7, 11) is 0. The number of nitrogens with zero attached hydrogens (tertiary/aromatic N) is 9. The van der Waals surface area contributed by atoms with Crippen LogP contribution in [0.15, 0.2) is 504 Å². The molecule has 26 rings (SSSR count). The van der Waals surface area contributed by atoms with Crippen molar-refractivity contribution >= 4 is 0 Å². The molecule has 23 aromatic rings. The van der Waals surface area contributed by atoms with Gasteiger partial charge in [-0.3, -0.25) is 0 Å². The van der Waals surface area contributed by atoms with Gasteiger partial charge in [0.15, 0.2) is 52.4 Å². The SMILES string of the molecule is c1ccc(-c2cc(-c3nc(-c4ccccc4)nc(-c4ccccc4)n3)cc(-c3cccc4c3Cc3ccccc3-4)c2)cc1.c1ccc(-c2ccc(-c3cc(-c4nc(-c5ccccc5)nc(-c5ccccc5)n4)cc(-c4cccc5c4Cc4ccccc4-5)c3)cc2)cc1.c1ccc(-c2cccc(-c3cc(-c4nc(-c5ccccc5)nc(-c5ccccc5)n4)cc(-c4cccc5c4Cc4ccccc4-5)c3)c2)cc1. The van der Waals surface area contributed by atoms with Crippen molar-refractivity contribution in [3.63, 3.8) is 0 Å². The molecule has 3 aromatic heterocycles. The van der Waals surface area contributed by atoms with Gasteiger partial charge in [-0.2, -0.15) is 0 Å². The Morgan fingerprint density at radius 1 is 0.0993 bits per heavy atom. The highest BCUT2D eigenvalue weighted by molar-refractivity contribution is 5.93. The van der Waals surface area contributed by atoms with Crippen molar-refractivity contribution < 1.29 is 0 Å². The van der Waals surface area contributed by atoms with E-state index in [2.05, 4.69) is 370 Å². The van der Waals surface area contributed by atoms with Gasteiger partial charge in [0, 0.05) is 50.1 Å². The van der Waals surface area contributed by atoms with Crippen LogP contribution in [0.2, 0.25) is 0 Å². The molecular weight excluding hydrogens is 1710 g/mol. The molecule has 3 aliphatic rings. The smallest absolute Gasteiger partial charge is 0.164 e. The summed E-state index contributed by atoms with van der Waals surface area (Å²) in [6, 6.07) is 177. The van der Waals surface area contributed by atoms with Gasteiger partial charge in [-0.05, 0) is 236 Å². The molecule has 0 amide bonds. The third kappa shape index (κ3) is 17.7. The first-order valence-electron chi connectivity index (χ1n) is 47.9. The molecule has 0 bridgehead atoms. The zero-order chi connectivity index (χ0) is 93.7. The molecule has 141 heavy (non-hydrogen) atoms. The minimum absolute atomic E-state index is 0.644. The first-order chi connectivity index (χ1) is 69.8. The van der Waals surface area contributed by atoms with Gasteiger partial charge < -0.3 is 0 Å². The fourth-order valence-corrected chi connectivity index (χ4v) is 20.0. The van der Waals surface area contributed by atoms with E-state index in [1.165, 1.54) is 106 Å². The maximum absolute atomic E-state index is 5.12. The third-order valence-corrected chi connectivity index (χ3v) is 26.9. The van der Waals surface area contributed by atoms with E-state index >= 15 is 0 Å². The highest BCUT2D eigenvalue weighted by atomic mass is 15.1. The maximum Gasteiger partial charge on any atom is 0.164 e. The highest BCUT2D eigenvalue weighted by Crippen LogP contribution is 2.49. The highest BCUT2D eigenvalue weighted by Gasteiger charge is 2.28. The Labute approximate surface area is 820 Å². The summed E-state index contributed by atoms with van der Waals surface area (Å²) in [5.41, 5.74) is 43.4. The molecule has 662 valence electrons. The van der Waals surface area contributed by atoms with Gasteiger partial charge in [0.1, 0.15) is 0 Å². The zero-order valence-electron chi connectivity index (χ0n) is 77.1. The van der Waals surface area contributed by atoms with Gasteiger partial charge >= 0.3 is 0 Å². The number of aromatic nitrogens is 9. The summed E-state index contributed by atoms with van der Waals surface area (Å²) in [4.78, 5) is 45.4. The van der Waals surface area contributed by atoms with Gasteiger partial charge in [-0.15, -0.1) is 0 Å². The Bertz CT molecular complexity index is 8390. The molecule has 0 aliphatic heterocycles. The average molecular weight is 1800 g/mol. The summed E-state index contributed by atoms with van der Waals surface area (Å²) in [5.74, 6) is 5.87. The molecule has 3 heterocycles. The second-order valence-electron chi connectivity index (χ2n) is 35.8. The molecule has 9 nitrogen and oxygen atoms in total. The van der Waals surface area contributed by atoms with Crippen molar-refractivity contribution in [3.05, 3.63) is 537 Å². The van der Waals surface area contributed by atoms with E-state index in [0.717, 1.165) is 119 Å². The standard InChI is InChI=1S/2C46H31N3.C40H27N3/c1-4-14-31(15-5-1)34-21-12-22-35(26-34)37-27-38(41-24-13-25-42-40-23-11-10-20-36(40)30-43(41)42)29-39(28-37)46-48-44(32-16-6-2-7-17-32)47-45(49-46)33-18-8-3-9-19-33;1-4-13-31(14-5-1)32-23-25-33(26-24-32)37-27-38(41-21-12-22-42-40-20-11-10-19-36(40)30-43(41)42)29-39(28-37)46-48-44(34-15-6-2-7-16-34)47-45(49-46)35-17-8-3-9-18-35;1-4-13-27(14-5-1)31-23-32(35-21-12-22-36-34-20-11-10-19-30(34)26-37(35)36)25-33(24-31)40-42-38(28-15-6-2-7-16-28)41-39(43-40)29-17-8-3-9-18-29/h2*1-29H,30H2;1-25H,26H2. The topological polar surface area (TPSA) is 116 Å². The largest absolute Gasteiger partial charge is 0.208 e. The Morgan fingerprint density at radius 3 is 0.532 bits per heavy atom. The first kappa shape index (κ1) is 85.4. The molecule has 0 radical (unpaired) electrons. The van der Waals surface area contributed by atoms with E-state index in [-0.39, 0.29) is 0 Å². The number of benzene rings is 20. The van der Waals surface area contributed by atoms with Crippen molar-refractivity contribution in [1.82, 2.24) is 44.9 Å². The van der Waals surface area contributed by atoms with Crippen molar-refractivity contribution in [2.75, 3.05) is 0 Å². The second kappa shape index (κ2) is 38.3. The molecule has 0 spiro atoms. The minimum atomic E-state index is 0.644. The van der Waals surface area contributed by atoms with Crippen LogP contribution in [0, 0.1) is 0 Å². The molecule has 0 saturated carbocycles. The van der Waals surface area contributed by atoms with E-state index < -0.39 is 0 Å². The normalized spacial score (nSPS) is 11.6. The fourth-order valence-electron chi connectivity index (χ4n) is 20.0. The van der Waals surface area contributed by atoms with Crippen molar-refractivity contribution in [2.45, 2.75) is 19.3 Å². The van der Waals surface area contributed by atoms with Crippen LogP contribution in [0.5, 0.6) is 0 Å². The molecule has 9 heteroatoms. The summed E-state index contributed by atoms with van der Waals surface area (Å²) in [6.07, 6.45) is 2.75. The Morgan fingerprint density at radius 2 is 0.255 bits per heavy atom. The van der Waals surface area contributed by atoms with Gasteiger partial charge in [0.2, 0.25) is 0 Å². The molecule has 0 fully saturated rings. The van der Waals surface area contributed by atoms with Crippen molar-refractivity contribution in [2.24, 2.45) is 0 Å². The molecular formula is C132H89N9. The van der Waals surface area contributed by atoms with E-state index in [4.69, 9.17) is 44.9 Å². The Hall–Kier alpha value is -18.6. The van der Waals surface area contributed by atoms with E-state index in [1.54, 1.807) is 0 Å². The van der Waals surface area contributed by atoms with Crippen LogP contribution in [0.3, 0.4) is 0 Å². The van der Waals surface area contributed by atoms with Crippen molar-refractivity contribution in [1.29, 1.82) is 0 Å². The Kier molecular flexibility index (Phi) is 23.2. The number of hydrogen-bond acceptors (Lipinski definition) is 9. The lowest BCUT2D eigenvalue weighted by atomic mass is 9.91. The lowest BCUT2D eigenvalue weighted by molar-refractivity contribution is 1.07. The zero-order valence-corrected chi connectivity index (χ0v) is 77.1. The Balaban J connectivity index is 0.000000115. The predicted octanol–water partition coefficient (Wildman–Crippen LogP) is 32.7. The van der Waals surface area contributed by atoms with Gasteiger partial charge in [-0.25, -0.2) is 44.9 Å². The van der Waals surface area contributed by atoms with Crippen LogP contribution in [0.1, 0.15) is 33.4 Å². The van der Waals surface area contributed by atoms with Gasteiger partial charge in [-0.1, -0.05) is 443 Å². The van der Waals surface area contributed by atoms with Crippen LogP contribution in [0.25, 0.3) is 225 Å². The van der Waals surface area contributed by atoms with E-state index in [9.17, 15) is 0 Å². The summed E-state index contributed by atoms with van der Waals surface area (Å²) in [6.45, 7) is 0. The van der Waals surface area contributed by atoms with Gasteiger partial charge in [0.25, 0.3) is 0 Å². The minimum Gasteiger partial charge on any atom is -0.208 e. The summed E-state index contributed by atoms with van der Waals surface area (Å²) >= 11 is 0. The molecule has 0 atom stereocenters. The number of hydrogen-bond donors (Lipinski definition) is 0. The first-order valence-corrected chi connectivity index (χ1v) is 47.9.